The second-order valence-electron chi connectivity index (χ2n) is 6.70. The summed E-state index contributed by atoms with van der Waals surface area (Å²) in [7, 11) is 4.08. The SMILES string of the molecule is CN1CCC[C@@H](CNC(=O)c2ccc(C(=O)O)nc2)[C@@H]1c1cncn1C. The van der Waals surface area contributed by atoms with E-state index in [2.05, 4.69) is 27.2 Å². The topological polar surface area (TPSA) is 100 Å². The summed E-state index contributed by atoms with van der Waals surface area (Å²) >= 11 is 0. The molecular formula is C18H23N5O3. The van der Waals surface area contributed by atoms with E-state index in [-0.39, 0.29) is 23.6 Å². The number of aryl methyl sites for hydroxylation is 1. The van der Waals surface area contributed by atoms with Crippen molar-refractivity contribution in [1.29, 1.82) is 0 Å². The molecule has 0 bridgehead atoms. The molecule has 0 aliphatic carbocycles. The van der Waals surface area contributed by atoms with Gasteiger partial charge in [-0.2, -0.15) is 0 Å². The number of aromatic nitrogens is 3. The van der Waals surface area contributed by atoms with Crippen molar-refractivity contribution in [1.82, 2.24) is 24.8 Å². The van der Waals surface area contributed by atoms with Crippen LogP contribution in [-0.4, -0.2) is 56.6 Å². The summed E-state index contributed by atoms with van der Waals surface area (Å²) in [5.41, 5.74) is 1.42. The number of aromatic carboxylic acids is 1. The standard InChI is InChI=1S/C18H23N5O3/c1-22-7-3-4-12(16(22)15-10-19-11-23(15)2)8-21-17(24)13-5-6-14(18(25)26)20-9-13/h5-6,9-12,16H,3-4,7-8H2,1-2H3,(H,21,24)(H,25,26)/t12-,16+/m0/s1. The molecule has 0 radical (unpaired) electrons. The van der Waals surface area contributed by atoms with E-state index in [1.807, 2.05) is 17.8 Å². The summed E-state index contributed by atoms with van der Waals surface area (Å²) < 4.78 is 2.02. The molecule has 0 spiro atoms. The van der Waals surface area contributed by atoms with Gasteiger partial charge in [-0.15, -0.1) is 0 Å². The largest absolute Gasteiger partial charge is 0.477 e. The van der Waals surface area contributed by atoms with Gasteiger partial charge in [0.2, 0.25) is 0 Å². The highest BCUT2D eigenvalue weighted by atomic mass is 16.4. The first-order valence-electron chi connectivity index (χ1n) is 8.61. The Hall–Kier alpha value is -2.74. The first-order valence-corrected chi connectivity index (χ1v) is 8.61. The molecule has 2 atom stereocenters. The zero-order valence-electron chi connectivity index (χ0n) is 14.9. The Kier molecular flexibility index (Phi) is 5.32. The molecule has 1 aliphatic heterocycles. The van der Waals surface area contributed by atoms with E-state index >= 15 is 0 Å². The van der Waals surface area contributed by atoms with Crippen LogP contribution >= 0.6 is 0 Å². The van der Waals surface area contributed by atoms with Crippen molar-refractivity contribution in [3.63, 3.8) is 0 Å². The molecule has 3 heterocycles. The van der Waals surface area contributed by atoms with E-state index in [1.54, 1.807) is 6.33 Å². The van der Waals surface area contributed by atoms with E-state index in [4.69, 9.17) is 5.11 Å². The van der Waals surface area contributed by atoms with Crippen LogP contribution in [0.25, 0.3) is 0 Å². The van der Waals surface area contributed by atoms with Crippen LogP contribution in [0.4, 0.5) is 0 Å². The van der Waals surface area contributed by atoms with Gasteiger partial charge in [0.25, 0.3) is 5.91 Å². The Morgan fingerprint density at radius 3 is 2.73 bits per heavy atom. The maximum absolute atomic E-state index is 12.4. The van der Waals surface area contributed by atoms with Gasteiger partial charge < -0.3 is 15.0 Å². The lowest BCUT2D eigenvalue weighted by Gasteiger charge is -2.39. The monoisotopic (exact) mass is 357 g/mol. The fraction of sp³-hybridized carbons (Fsp3) is 0.444. The molecule has 26 heavy (non-hydrogen) atoms. The number of carbonyl (C=O) groups is 2. The Morgan fingerprint density at radius 1 is 1.31 bits per heavy atom. The molecule has 0 aromatic carbocycles. The highest BCUT2D eigenvalue weighted by Gasteiger charge is 2.32. The van der Waals surface area contributed by atoms with Crippen molar-refractivity contribution in [2.24, 2.45) is 13.0 Å². The minimum Gasteiger partial charge on any atom is -0.477 e. The number of hydrogen-bond donors (Lipinski definition) is 2. The molecule has 8 heteroatoms. The Balaban J connectivity index is 1.67. The predicted molar refractivity (Wildman–Crippen MR) is 94.8 cm³/mol. The molecule has 1 amide bonds. The second-order valence-corrected chi connectivity index (χ2v) is 6.70. The summed E-state index contributed by atoms with van der Waals surface area (Å²) in [5.74, 6) is -1.08. The van der Waals surface area contributed by atoms with Gasteiger partial charge in [0.15, 0.2) is 0 Å². The van der Waals surface area contributed by atoms with Crippen LogP contribution in [0.3, 0.4) is 0 Å². The van der Waals surface area contributed by atoms with Crippen LogP contribution in [0.2, 0.25) is 0 Å². The summed E-state index contributed by atoms with van der Waals surface area (Å²) in [6.45, 7) is 1.56. The summed E-state index contributed by atoms with van der Waals surface area (Å²) in [6, 6.07) is 3.02. The Bertz CT molecular complexity index is 786. The van der Waals surface area contributed by atoms with Crippen LogP contribution in [0.15, 0.2) is 30.9 Å². The van der Waals surface area contributed by atoms with Gasteiger partial charge >= 0.3 is 5.97 Å². The van der Waals surface area contributed by atoms with Gasteiger partial charge in [0.05, 0.1) is 23.6 Å². The molecule has 1 aliphatic rings. The van der Waals surface area contributed by atoms with Crippen molar-refractivity contribution in [3.8, 4) is 0 Å². The van der Waals surface area contributed by atoms with E-state index in [1.165, 1.54) is 18.3 Å². The van der Waals surface area contributed by atoms with Crippen LogP contribution in [0, 0.1) is 5.92 Å². The fourth-order valence-electron chi connectivity index (χ4n) is 3.57. The number of likely N-dealkylation sites (tertiary alicyclic amines) is 1. The fourth-order valence-corrected chi connectivity index (χ4v) is 3.57. The Morgan fingerprint density at radius 2 is 2.12 bits per heavy atom. The van der Waals surface area contributed by atoms with E-state index in [9.17, 15) is 9.59 Å². The molecule has 0 unspecified atom stereocenters. The number of nitrogens with zero attached hydrogens (tertiary/aromatic N) is 4. The zero-order valence-corrected chi connectivity index (χ0v) is 14.9. The molecular weight excluding hydrogens is 334 g/mol. The molecule has 1 saturated heterocycles. The van der Waals surface area contributed by atoms with Gasteiger partial charge in [0, 0.05) is 26.0 Å². The number of carboxylic acid groups (broad SMARTS) is 1. The smallest absolute Gasteiger partial charge is 0.354 e. The van der Waals surface area contributed by atoms with Gasteiger partial charge in [-0.3, -0.25) is 9.69 Å². The molecule has 8 nitrogen and oxygen atoms in total. The zero-order chi connectivity index (χ0) is 18.7. The van der Waals surface area contributed by atoms with Crippen molar-refractivity contribution < 1.29 is 14.7 Å². The van der Waals surface area contributed by atoms with Gasteiger partial charge in [-0.1, -0.05) is 0 Å². The van der Waals surface area contributed by atoms with E-state index < -0.39 is 5.97 Å². The van der Waals surface area contributed by atoms with Gasteiger partial charge in [-0.25, -0.2) is 14.8 Å². The first kappa shape index (κ1) is 18.1. The van der Waals surface area contributed by atoms with Crippen molar-refractivity contribution >= 4 is 11.9 Å². The summed E-state index contributed by atoms with van der Waals surface area (Å²) in [6.07, 6.45) is 7.08. The number of carboxylic acids is 1. The minimum atomic E-state index is -1.11. The number of carbonyl (C=O) groups excluding carboxylic acids is 1. The lowest BCUT2D eigenvalue weighted by Crippen LogP contribution is -2.42. The van der Waals surface area contributed by atoms with Crippen molar-refractivity contribution in [2.45, 2.75) is 18.9 Å². The van der Waals surface area contributed by atoms with Crippen LogP contribution < -0.4 is 5.32 Å². The molecule has 2 N–H and O–H groups in total. The molecule has 1 fully saturated rings. The number of hydrogen-bond acceptors (Lipinski definition) is 5. The van der Waals surface area contributed by atoms with Crippen LogP contribution in [0.1, 0.15) is 45.4 Å². The number of pyridine rings is 1. The van der Waals surface area contributed by atoms with Crippen LogP contribution in [-0.2, 0) is 7.05 Å². The third kappa shape index (κ3) is 3.75. The first-order chi connectivity index (χ1) is 12.5. The number of piperidine rings is 1. The number of rotatable bonds is 5. The summed E-state index contributed by atoms with van der Waals surface area (Å²) in [5, 5.41) is 11.8. The van der Waals surface area contributed by atoms with Crippen molar-refractivity contribution in [3.05, 3.63) is 47.8 Å². The third-order valence-corrected chi connectivity index (χ3v) is 4.93. The minimum absolute atomic E-state index is 0.0771. The summed E-state index contributed by atoms with van der Waals surface area (Å²) in [4.78, 5) is 33.5. The second kappa shape index (κ2) is 7.65. The maximum Gasteiger partial charge on any atom is 0.354 e. The maximum atomic E-state index is 12.4. The molecule has 3 rings (SSSR count). The van der Waals surface area contributed by atoms with E-state index in [0.29, 0.717) is 12.1 Å². The molecule has 0 saturated carbocycles. The third-order valence-electron chi connectivity index (χ3n) is 4.93. The molecule has 2 aromatic rings. The van der Waals surface area contributed by atoms with Crippen molar-refractivity contribution in [2.75, 3.05) is 20.1 Å². The van der Waals surface area contributed by atoms with Gasteiger partial charge in [-0.05, 0) is 44.5 Å². The lowest BCUT2D eigenvalue weighted by molar-refractivity contribution is 0.0689. The van der Waals surface area contributed by atoms with Crippen LogP contribution in [0.5, 0.6) is 0 Å². The number of nitrogens with one attached hydrogen (secondary N) is 1. The number of amides is 1. The Labute approximate surface area is 151 Å². The average Bonchev–Trinajstić information content (AvgIpc) is 3.05. The normalized spacial score (nSPS) is 20.7. The lowest BCUT2D eigenvalue weighted by atomic mass is 9.87. The predicted octanol–water partition coefficient (Wildman–Crippen LogP) is 1.33. The average molecular weight is 357 g/mol. The number of imidazole rings is 1. The quantitative estimate of drug-likeness (QED) is 0.837. The molecule has 138 valence electrons. The highest BCUT2D eigenvalue weighted by molar-refractivity contribution is 5.94. The highest BCUT2D eigenvalue weighted by Crippen LogP contribution is 2.34. The molecule has 2 aromatic heterocycles. The van der Waals surface area contributed by atoms with E-state index in [0.717, 1.165) is 25.1 Å². The van der Waals surface area contributed by atoms with Gasteiger partial charge in [0.1, 0.15) is 5.69 Å².